The highest BCUT2D eigenvalue weighted by Crippen LogP contribution is 2.25. The first-order chi connectivity index (χ1) is 8.81. The zero-order valence-electron chi connectivity index (χ0n) is 11.5. The van der Waals surface area contributed by atoms with Crippen LogP contribution in [0.3, 0.4) is 0 Å². The number of nitrogens with one attached hydrogen (secondary N) is 1. The van der Waals surface area contributed by atoms with Gasteiger partial charge in [-0.3, -0.25) is 0 Å². The van der Waals surface area contributed by atoms with Crippen molar-refractivity contribution in [2.45, 2.75) is 25.8 Å². The van der Waals surface area contributed by atoms with Crippen LogP contribution in [0, 0.1) is 0 Å². The van der Waals surface area contributed by atoms with Crippen LogP contribution in [0.1, 0.15) is 18.9 Å². The van der Waals surface area contributed by atoms with Gasteiger partial charge in [-0.05, 0) is 31.4 Å². The largest absolute Gasteiger partial charge is 0.383 e. The topological polar surface area (TPSA) is 24.5 Å². The summed E-state index contributed by atoms with van der Waals surface area (Å²) in [5.74, 6) is 0. The van der Waals surface area contributed by atoms with Crippen LogP contribution < -0.4 is 10.2 Å². The third-order valence-electron chi connectivity index (χ3n) is 3.50. The van der Waals surface area contributed by atoms with Gasteiger partial charge in [0, 0.05) is 38.5 Å². The van der Waals surface area contributed by atoms with Crippen molar-refractivity contribution in [3.05, 3.63) is 29.8 Å². The van der Waals surface area contributed by atoms with Gasteiger partial charge in [0.25, 0.3) is 0 Å². The van der Waals surface area contributed by atoms with Crippen LogP contribution in [-0.4, -0.2) is 39.4 Å². The summed E-state index contributed by atoms with van der Waals surface area (Å²) < 4.78 is 5.13. The fourth-order valence-electron chi connectivity index (χ4n) is 2.60. The van der Waals surface area contributed by atoms with Crippen molar-refractivity contribution in [2.24, 2.45) is 0 Å². The average molecular weight is 248 g/mol. The standard InChI is InChI=1S/C15H24N2O/c1-13(12-18-2)16-9-11-17-10-5-7-14-6-3-4-8-15(14)17/h3-4,6,8,13,16H,5,7,9-12H2,1-2H3/t13-/m1/s1. The maximum atomic E-state index is 5.13. The highest BCUT2D eigenvalue weighted by Gasteiger charge is 2.15. The molecule has 1 aromatic carbocycles. The van der Waals surface area contributed by atoms with Gasteiger partial charge < -0.3 is 15.0 Å². The molecule has 1 aromatic rings. The van der Waals surface area contributed by atoms with Crippen LogP contribution in [-0.2, 0) is 11.2 Å². The molecule has 100 valence electrons. The highest BCUT2D eigenvalue weighted by molar-refractivity contribution is 5.55. The second-order valence-electron chi connectivity index (χ2n) is 5.03. The highest BCUT2D eigenvalue weighted by atomic mass is 16.5. The molecule has 0 aliphatic carbocycles. The maximum Gasteiger partial charge on any atom is 0.0613 e. The predicted molar refractivity (Wildman–Crippen MR) is 76.3 cm³/mol. The zero-order valence-corrected chi connectivity index (χ0v) is 11.5. The second kappa shape index (κ2) is 6.76. The summed E-state index contributed by atoms with van der Waals surface area (Å²) in [5.41, 5.74) is 2.92. The van der Waals surface area contributed by atoms with E-state index >= 15 is 0 Å². The molecule has 0 radical (unpaired) electrons. The SMILES string of the molecule is COC[C@@H](C)NCCN1CCCc2ccccc21. The van der Waals surface area contributed by atoms with E-state index in [-0.39, 0.29) is 0 Å². The Morgan fingerprint density at radius 3 is 3.06 bits per heavy atom. The first kappa shape index (κ1) is 13.4. The monoisotopic (exact) mass is 248 g/mol. The van der Waals surface area contributed by atoms with Crippen molar-refractivity contribution >= 4 is 5.69 Å². The molecule has 0 saturated carbocycles. The van der Waals surface area contributed by atoms with Crippen LogP contribution in [0.5, 0.6) is 0 Å². The van der Waals surface area contributed by atoms with E-state index in [4.69, 9.17) is 4.74 Å². The number of hydrogen-bond donors (Lipinski definition) is 1. The number of methoxy groups -OCH3 is 1. The van der Waals surface area contributed by atoms with Gasteiger partial charge in [0.1, 0.15) is 0 Å². The summed E-state index contributed by atoms with van der Waals surface area (Å²) in [6.45, 7) is 6.20. The molecule has 2 rings (SSSR count). The van der Waals surface area contributed by atoms with Crippen molar-refractivity contribution < 1.29 is 4.74 Å². The second-order valence-corrected chi connectivity index (χ2v) is 5.03. The third kappa shape index (κ3) is 3.47. The van der Waals surface area contributed by atoms with Crippen molar-refractivity contribution in [2.75, 3.05) is 38.3 Å². The molecule has 3 nitrogen and oxygen atoms in total. The average Bonchev–Trinajstić information content (AvgIpc) is 2.39. The minimum Gasteiger partial charge on any atom is -0.383 e. The summed E-state index contributed by atoms with van der Waals surface area (Å²) in [6.07, 6.45) is 2.49. The van der Waals surface area contributed by atoms with Gasteiger partial charge >= 0.3 is 0 Å². The lowest BCUT2D eigenvalue weighted by Gasteiger charge is -2.31. The Balaban J connectivity index is 1.84. The molecule has 0 spiro atoms. The van der Waals surface area contributed by atoms with Gasteiger partial charge in [0.15, 0.2) is 0 Å². The van der Waals surface area contributed by atoms with Crippen LogP contribution >= 0.6 is 0 Å². The fraction of sp³-hybridized carbons (Fsp3) is 0.600. The van der Waals surface area contributed by atoms with Crippen molar-refractivity contribution in [1.82, 2.24) is 5.32 Å². The normalized spacial score (nSPS) is 16.4. The summed E-state index contributed by atoms with van der Waals surface area (Å²) in [4.78, 5) is 2.49. The summed E-state index contributed by atoms with van der Waals surface area (Å²) in [6, 6.07) is 9.20. The van der Waals surface area contributed by atoms with Gasteiger partial charge in [0.05, 0.1) is 6.61 Å². The Morgan fingerprint density at radius 1 is 1.39 bits per heavy atom. The Labute approximate surface area is 110 Å². The molecule has 1 aliphatic heterocycles. The molecule has 0 fully saturated rings. The van der Waals surface area contributed by atoms with E-state index in [2.05, 4.69) is 41.4 Å². The van der Waals surface area contributed by atoms with Crippen molar-refractivity contribution in [3.63, 3.8) is 0 Å². The van der Waals surface area contributed by atoms with E-state index in [1.165, 1.54) is 30.6 Å². The number of hydrogen-bond acceptors (Lipinski definition) is 3. The smallest absolute Gasteiger partial charge is 0.0613 e. The number of aryl methyl sites for hydroxylation is 1. The number of anilines is 1. The van der Waals surface area contributed by atoms with Gasteiger partial charge in [-0.25, -0.2) is 0 Å². The Kier molecular flexibility index (Phi) is 5.02. The van der Waals surface area contributed by atoms with Crippen LogP contribution in [0.2, 0.25) is 0 Å². The van der Waals surface area contributed by atoms with Gasteiger partial charge in [0.2, 0.25) is 0 Å². The van der Waals surface area contributed by atoms with E-state index in [1.807, 2.05) is 0 Å². The van der Waals surface area contributed by atoms with Gasteiger partial charge in [-0.1, -0.05) is 18.2 Å². The summed E-state index contributed by atoms with van der Waals surface area (Å²) in [7, 11) is 1.75. The Morgan fingerprint density at radius 2 is 2.22 bits per heavy atom. The summed E-state index contributed by atoms with van der Waals surface area (Å²) >= 11 is 0. The number of rotatable bonds is 6. The molecule has 1 N–H and O–H groups in total. The fourth-order valence-corrected chi connectivity index (χ4v) is 2.60. The van der Waals surface area contributed by atoms with E-state index in [0.29, 0.717) is 6.04 Å². The number of nitrogens with zero attached hydrogens (tertiary/aromatic N) is 1. The predicted octanol–water partition coefficient (Wildman–Crippen LogP) is 2.06. The van der Waals surface area contributed by atoms with Gasteiger partial charge in [-0.2, -0.15) is 0 Å². The molecule has 1 heterocycles. The first-order valence-electron chi connectivity index (χ1n) is 6.86. The molecule has 0 saturated heterocycles. The lowest BCUT2D eigenvalue weighted by atomic mass is 10.0. The molecular weight excluding hydrogens is 224 g/mol. The van der Waals surface area contributed by atoms with Crippen LogP contribution in [0.4, 0.5) is 5.69 Å². The summed E-state index contributed by atoms with van der Waals surface area (Å²) in [5, 5.41) is 3.49. The quantitative estimate of drug-likeness (QED) is 0.834. The molecule has 3 heteroatoms. The lowest BCUT2D eigenvalue weighted by molar-refractivity contribution is 0.172. The lowest BCUT2D eigenvalue weighted by Crippen LogP contribution is -2.39. The molecule has 0 amide bonds. The molecule has 18 heavy (non-hydrogen) atoms. The minimum atomic E-state index is 0.426. The van der Waals surface area contributed by atoms with E-state index < -0.39 is 0 Å². The molecule has 1 aliphatic rings. The number of fused-ring (bicyclic) bond motifs is 1. The number of benzene rings is 1. The van der Waals surface area contributed by atoms with Crippen LogP contribution in [0.15, 0.2) is 24.3 Å². The molecule has 0 aromatic heterocycles. The Bertz CT molecular complexity index is 367. The molecular formula is C15H24N2O. The Hall–Kier alpha value is -1.06. The zero-order chi connectivity index (χ0) is 12.8. The van der Waals surface area contributed by atoms with E-state index in [1.54, 1.807) is 7.11 Å². The maximum absolute atomic E-state index is 5.13. The minimum absolute atomic E-state index is 0.426. The molecule has 0 unspecified atom stereocenters. The van der Waals surface area contributed by atoms with Crippen LogP contribution in [0.25, 0.3) is 0 Å². The number of para-hydroxylation sites is 1. The third-order valence-corrected chi connectivity index (χ3v) is 3.50. The van der Waals surface area contributed by atoms with Crippen molar-refractivity contribution in [3.8, 4) is 0 Å². The van der Waals surface area contributed by atoms with Gasteiger partial charge in [-0.15, -0.1) is 0 Å². The van der Waals surface area contributed by atoms with E-state index in [0.717, 1.165) is 19.7 Å². The molecule has 0 bridgehead atoms. The first-order valence-corrected chi connectivity index (χ1v) is 6.86. The number of ether oxygens (including phenoxy) is 1. The molecule has 1 atom stereocenters. The van der Waals surface area contributed by atoms with E-state index in [9.17, 15) is 0 Å². The van der Waals surface area contributed by atoms with Crippen molar-refractivity contribution in [1.29, 1.82) is 0 Å².